The minimum absolute atomic E-state index is 0.391. The van der Waals surface area contributed by atoms with Gasteiger partial charge in [-0.2, -0.15) is 0 Å². The molecule has 0 aromatic heterocycles. The molecule has 1 aromatic rings. The number of benzene rings is 1. The molecule has 0 amide bonds. The molecule has 12 heavy (non-hydrogen) atoms. The molecule has 2 heteroatoms. The fraction of sp³-hybridized carbons (Fsp3) is 0.300. The fourth-order valence-electron chi connectivity index (χ4n) is 1.01. The summed E-state index contributed by atoms with van der Waals surface area (Å²) in [7, 11) is 1.74. The van der Waals surface area contributed by atoms with Crippen LogP contribution in [0.2, 0.25) is 0 Å². The summed E-state index contributed by atoms with van der Waals surface area (Å²) in [6, 6.07) is 7.69. The van der Waals surface area contributed by atoms with Crippen molar-refractivity contribution in [2.75, 3.05) is 7.05 Å². The van der Waals surface area contributed by atoms with Gasteiger partial charge in [-0.3, -0.25) is 4.99 Å². The normalized spacial score (nSPS) is 13.6. The molecule has 0 spiro atoms. The van der Waals surface area contributed by atoms with E-state index < -0.39 is 6.10 Å². The summed E-state index contributed by atoms with van der Waals surface area (Å²) in [4.78, 5) is 3.89. The molecule has 2 nitrogen and oxygen atoms in total. The van der Waals surface area contributed by atoms with E-state index in [1.807, 2.05) is 24.3 Å². The fourth-order valence-corrected chi connectivity index (χ4v) is 1.01. The molecule has 0 aliphatic carbocycles. The van der Waals surface area contributed by atoms with Gasteiger partial charge in [0.15, 0.2) is 0 Å². The van der Waals surface area contributed by atoms with E-state index in [0.717, 1.165) is 11.1 Å². The monoisotopic (exact) mass is 163 g/mol. The second kappa shape index (κ2) is 4.02. The Balaban J connectivity index is 2.85. The molecule has 0 aliphatic rings. The van der Waals surface area contributed by atoms with Crippen molar-refractivity contribution in [3.63, 3.8) is 0 Å². The Labute approximate surface area is 72.6 Å². The average Bonchev–Trinajstić information content (AvgIpc) is 2.06. The van der Waals surface area contributed by atoms with Crippen LogP contribution >= 0.6 is 0 Å². The van der Waals surface area contributed by atoms with Crippen molar-refractivity contribution in [1.82, 2.24) is 0 Å². The number of nitrogens with zero attached hydrogens (tertiary/aromatic N) is 1. The largest absolute Gasteiger partial charge is 0.389 e. The highest BCUT2D eigenvalue weighted by molar-refractivity contribution is 5.79. The van der Waals surface area contributed by atoms with Gasteiger partial charge in [-0.15, -0.1) is 0 Å². The number of aliphatic hydroxyl groups is 1. The van der Waals surface area contributed by atoms with Crippen molar-refractivity contribution < 1.29 is 5.11 Å². The van der Waals surface area contributed by atoms with E-state index in [1.54, 1.807) is 20.2 Å². The van der Waals surface area contributed by atoms with Crippen molar-refractivity contribution in [3.05, 3.63) is 35.4 Å². The lowest BCUT2D eigenvalue weighted by Gasteiger charge is -2.03. The van der Waals surface area contributed by atoms with Gasteiger partial charge in [0.25, 0.3) is 0 Å². The Hall–Kier alpha value is -1.15. The zero-order valence-electron chi connectivity index (χ0n) is 7.36. The average molecular weight is 163 g/mol. The molecule has 0 aliphatic heterocycles. The van der Waals surface area contributed by atoms with Crippen LogP contribution in [-0.2, 0) is 0 Å². The Morgan fingerprint density at radius 3 is 2.33 bits per heavy atom. The molecule has 0 saturated carbocycles. The van der Waals surface area contributed by atoms with Crippen molar-refractivity contribution >= 4 is 6.21 Å². The minimum atomic E-state index is -0.391. The van der Waals surface area contributed by atoms with Gasteiger partial charge < -0.3 is 5.11 Å². The highest BCUT2D eigenvalue weighted by atomic mass is 16.3. The molecular formula is C10H13NO. The smallest absolute Gasteiger partial charge is 0.0761 e. The molecule has 0 fully saturated rings. The summed E-state index contributed by atoms with van der Waals surface area (Å²) in [6.45, 7) is 1.75. The Morgan fingerprint density at radius 1 is 1.33 bits per heavy atom. The standard InChI is InChI=1S/C10H13NO/c1-8(12)10-5-3-9(4-6-10)7-11-2/h3-8,12H,1-2H3/t8-/m0/s1. The minimum Gasteiger partial charge on any atom is -0.389 e. The molecule has 1 atom stereocenters. The van der Waals surface area contributed by atoms with E-state index in [1.165, 1.54) is 0 Å². The molecule has 0 saturated heterocycles. The molecule has 1 N–H and O–H groups in total. The first-order chi connectivity index (χ1) is 5.74. The molecule has 0 unspecified atom stereocenters. The van der Waals surface area contributed by atoms with Gasteiger partial charge in [-0.05, 0) is 18.1 Å². The van der Waals surface area contributed by atoms with Crippen LogP contribution in [0.15, 0.2) is 29.3 Å². The van der Waals surface area contributed by atoms with Crippen LogP contribution < -0.4 is 0 Å². The number of hydrogen-bond acceptors (Lipinski definition) is 2. The second-order valence-corrected chi connectivity index (χ2v) is 2.73. The summed E-state index contributed by atoms with van der Waals surface area (Å²) < 4.78 is 0. The number of aliphatic hydroxyl groups excluding tert-OH is 1. The Bertz CT molecular complexity index is 262. The van der Waals surface area contributed by atoms with Crippen LogP contribution in [0.25, 0.3) is 0 Å². The third-order valence-corrected chi connectivity index (χ3v) is 1.70. The second-order valence-electron chi connectivity index (χ2n) is 2.73. The lowest BCUT2D eigenvalue weighted by molar-refractivity contribution is 0.199. The molecular weight excluding hydrogens is 150 g/mol. The van der Waals surface area contributed by atoms with Gasteiger partial charge in [0, 0.05) is 13.3 Å². The number of rotatable bonds is 2. The van der Waals surface area contributed by atoms with Gasteiger partial charge in [-0.1, -0.05) is 24.3 Å². The molecule has 0 heterocycles. The zero-order valence-corrected chi connectivity index (χ0v) is 7.36. The highest BCUT2D eigenvalue weighted by Crippen LogP contribution is 2.11. The SMILES string of the molecule is CN=Cc1ccc([C@H](C)O)cc1. The number of hydrogen-bond donors (Lipinski definition) is 1. The third-order valence-electron chi connectivity index (χ3n) is 1.70. The van der Waals surface area contributed by atoms with Crippen LogP contribution in [-0.4, -0.2) is 18.4 Å². The van der Waals surface area contributed by atoms with E-state index in [0.29, 0.717) is 0 Å². The first-order valence-electron chi connectivity index (χ1n) is 3.94. The van der Waals surface area contributed by atoms with Gasteiger partial charge in [0.05, 0.1) is 6.10 Å². The van der Waals surface area contributed by atoms with Crippen molar-refractivity contribution in [2.45, 2.75) is 13.0 Å². The van der Waals surface area contributed by atoms with E-state index in [2.05, 4.69) is 4.99 Å². The summed E-state index contributed by atoms with van der Waals surface area (Å²) in [5, 5.41) is 9.21. The maximum Gasteiger partial charge on any atom is 0.0761 e. The summed E-state index contributed by atoms with van der Waals surface area (Å²) in [6.07, 6.45) is 1.39. The highest BCUT2D eigenvalue weighted by Gasteiger charge is 1.98. The lowest BCUT2D eigenvalue weighted by atomic mass is 10.1. The summed E-state index contributed by atoms with van der Waals surface area (Å²) in [5.41, 5.74) is 1.99. The first kappa shape index (κ1) is 8.94. The molecule has 0 radical (unpaired) electrons. The van der Waals surface area contributed by atoms with E-state index >= 15 is 0 Å². The maximum atomic E-state index is 9.21. The quantitative estimate of drug-likeness (QED) is 0.662. The number of aliphatic imine (C=N–C) groups is 1. The van der Waals surface area contributed by atoms with Gasteiger partial charge in [-0.25, -0.2) is 0 Å². The van der Waals surface area contributed by atoms with Crippen molar-refractivity contribution in [1.29, 1.82) is 0 Å². The van der Waals surface area contributed by atoms with Crippen molar-refractivity contribution in [3.8, 4) is 0 Å². The first-order valence-corrected chi connectivity index (χ1v) is 3.94. The molecule has 0 bridgehead atoms. The topological polar surface area (TPSA) is 32.6 Å². The van der Waals surface area contributed by atoms with Crippen LogP contribution in [0, 0.1) is 0 Å². The van der Waals surface area contributed by atoms with Gasteiger partial charge in [0.1, 0.15) is 0 Å². The van der Waals surface area contributed by atoms with Crippen LogP contribution in [0.1, 0.15) is 24.2 Å². The summed E-state index contributed by atoms with van der Waals surface area (Å²) in [5.74, 6) is 0. The lowest BCUT2D eigenvalue weighted by Crippen LogP contribution is -1.90. The Kier molecular flexibility index (Phi) is 3.00. The molecule has 64 valence electrons. The van der Waals surface area contributed by atoms with Crippen LogP contribution in [0.5, 0.6) is 0 Å². The van der Waals surface area contributed by atoms with E-state index in [9.17, 15) is 5.11 Å². The maximum absolute atomic E-state index is 9.21. The predicted octanol–water partition coefficient (Wildman–Crippen LogP) is 1.79. The zero-order chi connectivity index (χ0) is 8.97. The van der Waals surface area contributed by atoms with Crippen LogP contribution in [0.4, 0.5) is 0 Å². The van der Waals surface area contributed by atoms with Gasteiger partial charge >= 0.3 is 0 Å². The molecule has 1 aromatic carbocycles. The Morgan fingerprint density at radius 2 is 1.92 bits per heavy atom. The van der Waals surface area contributed by atoms with E-state index in [-0.39, 0.29) is 0 Å². The van der Waals surface area contributed by atoms with Gasteiger partial charge in [0.2, 0.25) is 0 Å². The van der Waals surface area contributed by atoms with E-state index in [4.69, 9.17) is 0 Å². The van der Waals surface area contributed by atoms with Crippen molar-refractivity contribution in [2.24, 2.45) is 4.99 Å². The summed E-state index contributed by atoms with van der Waals surface area (Å²) >= 11 is 0. The third kappa shape index (κ3) is 2.17. The van der Waals surface area contributed by atoms with Crippen LogP contribution in [0.3, 0.4) is 0 Å². The predicted molar refractivity (Wildman–Crippen MR) is 50.6 cm³/mol. The molecule has 1 rings (SSSR count).